The molecule has 0 saturated heterocycles. The largest absolute Gasteiger partial charge is 0.457 e. The van der Waals surface area contributed by atoms with Crippen LogP contribution in [0.1, 0.15) is 21.5 Å². The molecule has 0 aliphatic rings. The summed E-state index contributed by atoms with van der Waals surface area (Å²) < 4.78 is 18.3. The number of anilines is 1. The summed E-state index contributed by atoms with van der Waals surface area (Å²) in [6, 6.07) is 10.3. The summed E-state index contributed by atoms with van der Waals surface area (Å²) >= 11 is 5.90. The van der Waals surface area contributed by atoms with Gasteiger partial charge < -0.3 is 10.5 Å². The maximum Gasteiger partial charge on any atom is 0.342 e. The summed E-state index contributed by atoms with van der Waals surface area (Å²) in [4.78, 5) is 12.0. The van der Waals surface area contributed by atoms with Gasteiger partial charge in [-0.2, -0.15) is 5.26 Å². The fourth-order valence-electron chi connectivity index (χ4n) is 1.73. The highest BCUT2D eigenvalue weighted by Gasteiger charge is 2.15. The number of nitrogens with two attached hydrogens (primary N) is 1. The number of hydrogen-bond donors (Lipinski definition) is 1. The summed E-state index contributed by atoms with van der Waals surface area (Å²) in [5.41, 5.74) is 6.36. The van der Waals surface area contributed by atoms with Crippen molar-refractivity contribution < 1.29 is 13.9 Å². The quantitative estimate of drug-likeness (QED) is 0.697. The SMILES string of the molecule is N#Cc1cc(COC(=O)c2c(N)cccc2Cl)ccc1F. The van der Waals surface area contributed by atoms with Crippen LogP contribution in [-0.2, 0) is 11.3 Å². The van der Waals surface area contributed by atoms with E-state index in [9.17, 15) is 9.18 Å². The molecular formula is C15H10ClFN2O2. The van der Waals surface area contributed by atoms with Gasteiger partial charge in [0.05, 0.1) is 10.6 Å². The molecule has 0 fully saturated rings. The van der Waals surface area contributed by atoms with E-state index < -0.39 is 11.8 Å². The Morgan fingerprint density at radius 1 is 1.38 bits per heavy atom. The molecule has 106 valence electrons. The van der Waals surface area contributed by atoms with Crippen LogP contribution in [0.4, 0.5) is 10.1 Å². The molecule has 0 radical (unpaired) electrons. The fraction of sp³-hybridized carbons (Fsp3) is 0.0667. The van der Waals surface area contributed by atoms with E-state index in [-0.39, 0.29) is 28.4 Å². The predicted octanol–water partition coefficient (Wildman–Crippen LogP) is 3.29. The van der Waals surface area contributed by atoms with E-state index in [4.69, 9.17) is 27.3 Å². The topological polar surface area (TPSA) is 76.1 Å². The summed E-state index contributed by atoms with van der Waals surface area (Å²) in [5, 5.41) is 8.93. The Morgan fingerprint density at radius 2 is 2.14 bits per heavy atom. The van der Waals surface area contributed by atoms with Gasteiger partial charge in [0.15, 0.2) is 0 Å². The Labute approximate surface area is 125 Å². The lowest BCUT2D eigenvalue weighted by atomic mass is 10.1. The van der Waals surface area contributed by atoms with Crippen LogP contribution in [0, 0.1) is 17.1 Å². The molecular weight excluding hydrogens is 295 g/mol. The number of halogens is 2. The number of rotatable bonds is 3. The summed E-state index contributed by atoms with van der Waals surface area (Å²) in [5.74, 6) is -1.30. The number of nitrogen functional groups attached to an aromatic ring is 1. The highest BCUT2D eigenvalue weighted by molar-refractivity contribution is 6.34. The second-order valence-corrected chi connectivity index (χ2v) is 4.61. The van der Waals surface area contributed by atoms with Crippen molar-refractivity contribution in [2.75, 3.05) is 5.73 Å². The maximum absolute atomic E-state index is 13.2. The molecule has 0 saturated carbocycles. The van der Waals surface area contributed by atoms with Crippen molar-refractivity contribution in [2.45, 2.75) is 6.61 Å². The highest BCUT2D eigenvalue weighted by atomic mass is 35.5. The Kier molecular flexibility index (Phi) is 4.41. The molecule has 6 heteroatoms. The first-order valence-electron chi connectivity index (χ1n) is 5.92. The van der Waals surface area contributed by atoms with Crippen molar-refractivity contribution in [2.24, 2.45) is 0 Å². The van der Waals surface area contributed by atoms with E-state index in [2.05, 4.69) is 0 Å². The van der Waals surface area contributed by atoms with Gasteiger partial charge in [0, 0.05) is 5.69 Å². The lowest BCUT2D eigenvalue weighted by Gasteiger charge is -2.09. The molecule has 4 nitrogen and oxygen atoms in total. The third-order valence-electron chi connectivity index (χ3n) is 2.77. The van der Waals surface area contributed by atoms with E-state index in [0.29, 0.717) is 5.56 Å². The molecule has 2 aromatic rings. The van der Waals surface area contributed by atoms with Crippen LogP contribution in [-0.4, -0.2) is 5.97 Å². The summed E-state index contributed by atoms with van der Waals surface area (Å²) in [6.07, 6.45) is 0. The van der Waals surface area contributed by atoms with Crippen LogP contribution in [0.2, 0.25) is 5.02 Å². The minimum Gasteiger partial charge on any atom is -0.457 e. The number of nitriles is 1. The van der Waals surface area contributed by atoms with Crippen molar-refractivity contribution in [1.82, 2.24) is 0 Å². The van der Waals surface area contributed by atoms with Crippen molar-refractivity contribution in [3.63, 3.8) is 0 Å². The van der Waals surface area contributed by atoms with Gasteiger partial charge in [-0.25, -0.2) is 9.18 Å². The second-order valence-electron chi connectivity index (χ2n) is 4.21. The van der Waals surface area contributed by atoms with Crippen LogP contribution in [0.3, 0.4) is 0 Å². The second kappa shape index (κ2) is 6.25. The average molecular weight is 305 g/mol. The number of carbonyl (C=O) groups excluding carboxylic acids is 1. The molecule has 2 aromatic carbocycles. The average Bonchev–Trinajstić information content (AvgIpc) is 2.46. The normalized spacial score (nSPS) is 9.95. The minimum atomic E-state index is -0.680. The molecule has 0 aromatic heterocycles. The van der Waals surface area contributed by atoms with Crippen LogP contribution < -0.4 is 5.73 Å². The van der Waals surface area contributed by atoms with Gasteiger partial charge in [0.2, 0.25) is 0 Å². The van der Waals surface area contributed by atoms with Gasteiger partial charge >= 0.3 is 5.97 Å². The molecule has 0 heterocycles. The molecule has 0 atom stereocenters. The maximum atomic E-state index is 13.2. The molecule has 2 N–H and O–H groups in total. The number of ether oxygens (including phenoxy) is 1. The first-order valence-corrected chi connectivity index (χ1v) is 6.30. The smallest absolute Gasteiger partial charge is 0.342 e. The van der Waals surface area contributed by atoms with Crippen molar-refractivity contribution in [3.05, 3.63) is 63.9 Å². The number of esters is 1. The van der Waals surface area contributed by atoms with Gasteiger partial charge in [-0.3, -0.25) is 0 Å². The van der Waals surface area contributed by atoms with E-state index in [1.54, 1.807) is 12.1 Å². The van der Waals surface area contributed by atoms with Crippen LogP contribution >= 0.6 is 11.6 Å². The molecule has 0 aliphatic heterocycles. The Morgan fingerprint density at radius 3 is 2.81 bits per heavy atom. The fourth-order valence-corrected chi connectivity index (χ4v) is 1.98. The van der Waals surface area contributed by atoms with Crippen molar-refractivity contribution in [3.8, 4) is 6.07 Å². The zero-order valence-electron chi connectivity index (χ0n) is 10.8. The van der Waals surface area contributed by atoms with E-state index in [1.807, 2.05) is 0 Å². The third kappa shape index (κ3) is 3.30. The standard InChI is InChI=1S/C15H10ClFN2O2/c16-11-2-1-3-13(19)14(11)15(20)21-8-9-4-5-12(17)10(6-9)7-18/h1-6H,8,19H2. The molecule has 0 unspecified atom stereocenters. The number of carbonyl (C=O) groups is 1. The molecule has 0 bridgehead atoms. The lowest BCUT2D eigenvalue weighted by Crippen LogP contribution is -2.09. The lowest BCUT2D eigenvalue weighted by molar-refractivity contribution is 0.0474. The van der Waals surface area contributed by atoms with Gasteiger partial charge in [0.25, 0.3) is 0 Å². The van der Waals surface area contributed by atoms with Gasteiger partial charge in [0.1, 0.15) is 24.1 Å². The summed E-state index contributed by atoms with van der Waals surface area (Å²) in [7, 11) is 0. The number of hydrogen-bond acceptors (Lipinski definition) is 4. The van der Waals surface area contributed by atoms with Crippen molar-refractivity contribution in [1.29, 1.82) is 5.26 Å². The zero-order chi connectivity index (χ0) is 15.4. The van der Waals surface area contributed by atoms with E-state index in [0.717, 1.165) is 6.07 Å². The molecule has 0 spiro atoms. The van der Waals surface area contributed by atoms with Crippen molar-refractivity contribution >= 4 is 23.3 Å². The minimum absolute atomic E-state index is 0.0850. The van der Waals surface area contributed by atoms with E-state index >= 15 is 0 Å². The Hall–Kier alpha value is -2.58. The van der Waals surface area contributed by atoms with Crippen LogP contribution in [0.5, 0.6) is 0 Å². The third-order valence-corrected chi connectivity index (χ3v) is 3.09. The summed E-state index contributed by atoms with van der Waals surface area (Å²) in [6.45, 7) is -0.113. The first-order chi connectivity index (χ1) is 10.0. The zero-order valence-corrected chi connectivity index (χ0v) is 11.5. The Bertz CT molecular complexity index is 721. The van der Waals surface area contributed by atoms with E-state index in [1.165, 1.54) is 24.3 Å². The highest BCUT2D eigenvalue weighted by Crippen LogP contribution is 2.23. The number of benzene rings is 2. The molecule has 21 heavy (non-hydrogen) atoms. The van der Waals surface area contributed by atoms with Gasteiger partial charge in [-0.05, 0) is 29.8 Å². The number of nitrogens with zero attached hydrogens (tertiary/aromatic N) is 1. The van der Waals surface area contributed by atoms with Gasteiger partial charge in [-0.15, -0.1) is 0 Å². The molecule has 0 aliphatic carbocycles. The molecule has 2 rings (SSSR count). The van der Waals surface area contributed by atoms with Gasteiger partial charge in [-0.1, -0.05) is 23.7 Å². The predicted molar refractivity (Wildman–Crippen MR) is 76.1 cm³/mol. The van der Waals surface area contributed by atoms with Crippen LogP contribution in [0.15, 0.2) is 36.4 Å². The Balaban J connectivity index is 2.13. The first kappa shape index (κ1) is 14.8. The van der Waals surface area contributed by atoms with Crippen LogP contribution in [0.25, 0.3) is 0 Å². The monoisotopic (exact) mass is 304 g/mol. The molecule has 0 amide bonds.